The molecule has 26 heavy (non-hydrogen) atoms. The van der Waals surface area contributed by atoms with Crippen LogP contribution in [0.5, 0.6) is 5.75 Å². The monoisotopic (exact) mass is 366 g/mol. The molecule has 1 N–H and O–H groups in total. The van der Waals surface area contributed by atoms with Gasteiger partial charge in [-0.2, -0.15) is 5.10 Å². The van der Waals surface area contributed by atoms with Gasteiger partial charge >= 0.3 is 5.97 Å². The van der Waals surface area contributed by atoms with E-state index in [0.717, 1.165) is 5.69 Å². The fraction of sp³-hybridized carbons (Fsp3) is 0.647. The number of amides is 2. The van der Waals surface area contributed by atoms with Crippen LogP contribution in [0.3, 0.4) is 0 Å². The summed E-state index contributed by atoms with van der Waals surface area (Å²) in [5, 5.41) is 13.3. The van der Waals surface area contributed by atoms with Crippen LogP contribution in [0.25, 0.3) is 0 Å². The van der Waals surface area contributed by atoms with Gasteiger partial charge in [0.05, 0.1) is 18.2 Å². The number of likely N-dealkylation sites (N-methyl/N-ethyl adjacent to an activating group) is 1. The van der Waals surface area contributed by atoms with E-state index in [4.69, 9.17) is 9.84 Å². The number of nitrogens with zero attached hydrogens (tertiary/aromatic N) is 4. The zero-order chi connectivity index (χ0) is 19.4. The molecular formula is C17H26N4O5. The predicted octanol–water partition coefficient (Wildman–Crippen LogP) is 0.197. The minimum Gasteiger partial charge on any atom is -0.481 e. The molecule has 9 heteroatoms. The average Bonchev–Trinajstić information content (AvgIpc) is 2.84. The Balaban J connectivity index is 1.86. The van der Waals surface area contributed by atoms with Crippen molar-refractivity contribution in [3.05, 3.63) is 11.4 Å². The number of aryl methyl sites for hydroxylation is 2. The third kappa shape index (κ3) is 4.53. The van der Waals surface area contributed by atoms with Crippen LogP contribution in [0.2, 0.25) is 0 Å². The smallest absolute Gasteiger partial charge is 0.308 e. The lowest BCUT2D eigenvalue weighted by molar-refractivity contribution is -0.147. The van der Waals surface area contributed by atoms with E-state index in [1.54, 1.807) is 18.7 Å². The lowest BCUT2D eigenvalue weighted by atomic mass is 9.98. The maximum absolute atomic E-state index is 12.4. The summed E-state index contributed by atoms with van der Waals surface area (Å²) in [6.45, 7) is 4.09. The topological polar surface area (TPSA) is 105 Å². The van der Waals surface area contributed by atoms with Crippen LogP contribution in [-0.2, 0) is 21.4 Å². The number of hydrogen-bond donors (Lipinski definition) is 1. The molecular weight excluding hydrogens is 340 g/mol. The SMILES string of the molecule is Cc1nn(C)c(C)c1OCC(=O)N(C)CC(=O)N1CCCC(C(=O)O)C1. The van der Waals surface area contributed by atoms with Gasteiger partial charge in [0.25, 0.3) is 5.91 Å². The molecule has 1 saturated heterocycles. The van der Waals surface area contributed by atoms with Crippen molar-refractivity contribution in [3.63, 3.8) is 0 Å². The Morgan fingerprint density at radius 1 is 1.35 bits per heavy atom. The van der Waals surface area contributed by atoms with Gasteiger partial charge in [-0.1, -0.05) is 0 Å². The Hall–Kier alpha value is -2.58. The van der Waals surface area contributed by atoms with Gasteiger partial charge in [0.1, 0.15) is 5.69 Å². The van der Waals surface area contributed by atoms with E-state index in [0.29, 0.717) is 30.8 Å². The van der Waals surface area contributed by atoms with E-state index in [9.17, 15) is 14.4 Å². The summed E-state index contributed by atoms with van der Waals surface area (Å²) < 4.78 is 7.25. The Morgan fingerprint density at radius 2 is 2.04 bits per heavy atom. The zero-order valence-electron chi connectivity index (χ0n) is 15.7. The van der Waals surface area contributed by atoms with Gasteiger partial charge < -0.3 is 19.6 Å². The summed E-state index contributed by atoms with van der Waals surface area (Å²) in [7, 11) is 3.33. The van der Waals surface area contributed by atoms with Crippen molar-refractivity contribution in [1.82, 2.24) is 19.6 Å². The molecule has 0 bridgehead atoms. The molecule has 9 nitrogen and oxygen atoms in total. The van der Waals surface area contributed by atoms with Crippen LogP contribution in [0, 0.1) is 19.8 Å². The normalized spacial score (nSPS) is 17.1. The lowest BCUT2D eigenvalue weighted by Crippen LogP contribution is -2.47. The number of carbonyl (C=O) groups is 3. The number of aliphatic carboxylic acids is 1. The molecule has 0 saturated carbocycles. The first kappa shape index (κ1) is 19.7. The third-order valence-corrected chi connectivity index (χ3v) is 4.70. The first-order valence-electron chi connectivity index (χ1n) is 8.58. The molecule has 1 aromatic heterocycles. The number of piperidine rings is 1. The number of carboxylic acid groups (broad SMARTS) is 1. The molecule has 1 aliphatic rings. The molecule has 2 heterocycles. The van der Waals surface area contributed by atoms with Crippen molar-refractivity contribution in [2.75, 3.05) is 33.3 Å². The average molecular weight is 366 g/mol. The largest absolute Gasteiger partial charge is 0.481 e. The molecule has 0 aromatic carbocycles. The van der Waals surface area contributed by atoms with Crippen LogP contribution in [0.1, 0.15) is 24.2 Å². The lowest BCUT2D eigenvalue weighted by Gasteiger charge is -2.32. The van der Waals surface area contributed by atoms with E-state index in [2.05, 4.69) is 5.10 Å². The summed E-state index contributed by atoms with van der Waals surface area (Å²) in [6, 6.07) is 0. The molecule has 0 radical (unpaired) electrons. The van der Waals surface area contributed by atoms with Crippen molar-refractivity contribution in [2.45, 2.75) is 26.7 Å². The highest BCUT2D eigenvalue weighted by Gasteiger charge is 2.29. The third-order valence-electron chi connectivity index (χ3n) is 4.70. The molecule has 0 aliphatic carbocycles. The van der Waals surface area contributed by atoms with Gasteiger partial charge in [0.2, 0.25) is 5.91 Å². The van der Waals surface area contributed by atoms with Crippen molar-refractivity contribution in [1.29, 1.82) is 0 Å². The minimum atomic E-state index is -0.887. The zero-order valence-corrected chi connectivity index (χ0v) is 15.7. The molecule has 1 atom stereocenters. The Morgan fingerprint density at radius 3 is 2.62 bits per heavy atom. The van der Waals surface area contributed by atoms with Crippen molar-refractivity contribution < 1.29 is 24.2 Å². The molecule has 0 spiro atoms. The summed E-state index contributed by atoms with van der Waals surface area (Å²) in [5.41, 5.74) is 1.52. The van der Waals surface area contributed by atoms with E-state index >= 15 is 0 Å². The number of carbonyl (C=O) groups excluding carboxylic acids is 2. The molecule has 1 aliphatic heterocycles. The number of rotatable bonds is 6. The van der Waals surface area contributed by atoms with Crippen LogP contribution in [0.15, 0.2) is 0 Å². The number of likely N-dealkylation sites (tertiary alicyclic amines) is 1. The molecule has 144 valence electrons. The van der Waals surface area contributed by atoms with Crippen LogP contribution in [-0.4, -0.2) is 75.8 Å². The molecule has 1 unspecified atom stereocenters. The van der Waals surface area contributed by atoms with Crippen LogP contribution >= 0.6 is 0 Å². The standard InChI is InChI=1S/C17H26N4O5/c1-11-16(12(2)20(4)18-11)26-10-15(23)19(3)9-14(22)21-7-5-6-13(8-21)17(24)25/h13H,5-10H2,1-4H3,(H,24,25). The minimum absolute atomic E-state index is 0.0977. The summed E-state index contributed by atoms with van der Waals surface area (Å²) in [4.78, 5) is 38.5. The van der Waals surface area contributed by atoms with E-state index < -0.39 is 11.9 Å². The first-order valence-corrected chi connectivity index (χ1v) is 8.58. The van der Waals surface area contributed by atoms with Crippen LogP contribution in [0.4, 0.5) is 0 Å². The van der Waals surface area contributed by atoms with E-state index in [1.807, 2.05) is 6.92 Å². The van der Waals surface area contributed by atoms with Gasteiger partial charge in [0, 0.05) is 27.2 Å². The molecule has 2 rings (SSSR count). The highest BCUT2D eigenvalue weighted by Crippen LogP contribution is 2.21. The van der Waals surface area contributed by atoms with Crippen LogP contribution < -0.4 is 4.74 Å². The van der Waals surface area contributed by atoms with Crippen molar-refractivity contribution >= 4 is 17.8 Å². The molecule has 1 aromatic rings. The molecule has 1 fully saturated rings. The highest BCUT2D eigenvalue weighted by atomic mass is 16.5. The van der Waals surface area contributed by atoms with E-state index in [1.165, 1.54) is 16.8 Å². The fourth-order valence-electron chi connectivity index (χ4n) is 3.00. The Kier molecular flexibility index (Phi) is 6.23. The fourth-order valence-corrected chi connectivity index (χ4v) is 3.00. The number of carboxylic acids is 1. The summed E-state index contributed by atoms with van der Waals surface area (Å²) in [5.74, 6) is -1.43. The quantitative estimate of drug-likeness (QED) is 0.771. The first-order chi connectivity index (χ1) is 12.2. The summed E-state index contributed by atoms with van der Waals surface area (Å²) >= 11 is 0. The predicted molar refractivity (Wildman–Crippen MR) is 92.8 cm³/mol. The van der Waals surface area contributed by atoms with Gasteiger partial charge in [-0.05, 0) is 26.7 Å². The maximum atomic E-state index is 12.4. The van der Waals surface area contributed by atoms with Crippen molar-refractivity contribution in [3.8, 4) is 5.75 Å². The maximum Gasteiger partial charge on any atom is 0.308 e. The van der Waals surface area contributed by atoms with Crippen molar-refractivity contribution in [2.24, 2.45) is 13.0 Å². The van der Waals surface area contributed by atoms with Gasteiger partial charge in [0.15, 0.2) is 12.4 Å². The number of ether oxygens (including phenoxy) is 1. The Bertz CT molecular complexity index is 700. The summed E-state index contributed by atoms with van der Waals surface area (Å²) in [6.07, 6.45) is 1.23. The number of aromatic nitrogens is 2. The Labute approximate surface area is 152 Å². The molecule has 2 amide bonds. The second-order valence-electron chi connectivity index (χ2n) is 6.68. The second kappa shape index (κ2) is 8.20. The second-order valence-corrected chi connectivity index (χ2v) is 6.68. The van der Waals surface area contributed by atoms with Gasteiger partial charge in [-0.3, -0.25) is 19.1 Å². The van der Waals surface area contributed by atoms with Gasteiger partial charge in [-0.25, -0.2) is 0 Å². The number of hydrogen-bond acceptors (Lipinski definition) is 5. The van der Waals surface area contributed by atoms with Gasteiger partial charge in [-0.15, -0.1) is 0 Å². The highest BCUT2D eigenvalue weighted by molar-refractivity contribution is 5.85. The van der Waals surface area contributed by atoms with E-state index in [-0.39, 0.29) is 31.5 Å².